The number of primary amides is 1. The number of hydrogen-bond donors (Lipinski definition) is 2. The zero-order valence-corrected chi connectivity index (χ0v) is 10.9. The van der Waals surface area contributed by atoms with Crippen LogP contribution in [0.15, 0.2) is 0 Å². The van der Waals surface area contributed by atoms with Crippen molar-refractivity contribution in [3.63, 3.8) is 0 Å². The van der Waals surface area contributed by atoms with Gasteiger partial charge in [0.15, 0.2) is 0 Å². The van der Waals surface area contributed by atoms with Gasteiger partial charge in [-0.15, -0.1) is 0 Å². The molecule has 0 spiro atoms. The molecule has 1 heterocycles. The normalized spacial score (nSPS) is 21.7. The van der Waals surface area contributed by atoms with Crippen LogP contribution in [0, 0.1) is 5.92 Å². The minimum atomic E-state index is -0.508. The highest BCUT2D eigenvalue weighted by Gasteiger charge is 2.29. The summed E-state index contributed by atoms with van der Waals surface area (Å²) in [5.41, 5.74) is 11.1. The molecular weight excluding hydrogens is 234 g/mol. The van der Waals surface area contributed by atoms with E-state index in [1.807, 2.05) is 0 Å². The van der Waals surface area contributed by atoms with Crippen molar-refractivity contribution >= 4 is 11.8 Å². The zero-order valence-electron chi connectivity index (χ0n) is 10.9. The van der Waals surface area contributed by atoms with Crippen LogP contribution in [0.1, 0.15) is 25.7 Å². The summed E-state index contributed by atoms with van der Waals surface area (Å²) in [6.07, 6.45) is 2.93. The number of piperidine rings is 1. The molecule has 18 heavy (non-hydrogen) atoms. The monoisotopic (exact) mass is 257 g/mol. The number of likely N-dealkylation sites (tertiary alicyclic amines) is 1. The van der Waals surface area contributed by atoms with Gasteiger partial charge in [0.25, 0.3) is 0 Å². The highest BCUT2D eigenvalue weighted by molar-refractivity contribution is 5.83. The Bertz CT molecular complexity index is 296. The van der Waals surface area contributed by atoms with Gasteiger partial charge in [-0.2, -0.15) is 0 Å². The predicted molar refractivity (Wildman–Crippen MR) is 67.6 cm³/mol. The quantitative estimate of drug-likeness (QED) is 0.624. The van der Waals surface area contributed by atoms with E-state index in [0.717, 1.165) is 19.3 Å². The average molecular weight is 257 g/mol. The third-order valence-electron chi connectivity index (χ3n) is 3.32. The Morgan fingerprint density at radius 1 is 1.50 bits per heavy atom. The Kier molecular flexibility index (Phi) is 6.07. The molecule has 0 aromatic rings. The molecule has 0 aliphatic carbocycles. The van der Waals surface area contributed by atoms with Gasteiger partial charge in [0.2, 0.25) is 11.8 Å². The maximum absolute atomic E-state index is 12.1. The highest BCUT2D eigenvalue weighted by Crippen LogP contribution is 2.17. The number of carbonyl (C=O) groups is 2. The molecule has 6 heteroatoms. The summed E-state index contributed by atoms with van der Waals surface area (Å²) in [5, 5.41) is 0. The summed E-state index contributed by atoms with van der Waals surface area (Å²) in [5.74, 6) is -0.647. The summed E-state index contributed by atoms with van der Waals surface area (Å²) >= 11 is 0. The Morgan fingerprint density at radius 3 is 2.83 bits per heavy atom. The number of carbonyl (C=O) groups excluding carboxylic acids is 2. The minimum absolute atomic E-state index is 0.0861. The molecule has 1 rings (SSSR count). The van der Waals surface area contributed by atoms with Crippen molar-refractivity contribution < 1.29 is 14.3 Å². The van der Waals surface area contributed by atoms with Crippen LogP contribution in [-0.4, -0.2) is 49.6 Å². The maximum atomic E-state index is 12.1. The second-order valence-corrected chi connectivity index (χ2v) is 4.77. The van der Waals surface area contributed by atoms with Crippen LogP contribution in [0.2, 0.25) is 0 Å². The maximum Gasteiger partial charge on any atom is 0.239 e. The van der Waals surface area contributed by atoms with Gasteiger partial charge in [0.05, 0.1) is 12.0 Å². The Morgan fingerprint density at radius 2 is 2.22 bits per heavy atom. The number of rotatable bonds is 6. The van der Waals surface area contributed by atoms with Crippen molar-refractivity contribution in [2.24, 2.45) is 17.4 Å². The van der Waals surface area contributed by atoms with E-state index in [4.69, 9.17) is 16.2 Å². The molecule has 104 valence electrons. The van der Waals surface area contributed by atoms with Gasteiger partial charge >= 0.3 is 0 Å². The van der Waals surface area contributed by atoms with E-state index in [2.05, 4.69) is 0 Å². The van der Waals surface area contributed by atoms with Gasteiger partial charge in [-0.3, -0.25) is 9.59 Å². The van der Waals surface area contributed by atoms with Gasteiger partial charge < -0.3 is 21.1 Å². The van der Waals surface area contributed by atoms with Crippen molar-refractivity contribution in [1.29, 1.82) is 0 Å². The van der Waals surface area contributed by atoms with Gasteiger partial charge in [-0.25, -0.2) is 0 Å². The topological polar surface area (TPSA) is 98.7 Å². The van der Waals surface area contributed by atoms with E-state index in [1.54, 1.807) is 12.0 Å². The Labute approximate surface area is 108 Å². The Balaban J connectivity index is 2.42. The molecule has 1 aliphatic rings. The lowest BCUT2D eigenvalue weighted by molar-refractivity contribution is -0.136. The molecular formula is C12H23N3O3. The lowest BCUT2D eigenvalue weighted by atomic mass is 9.96. The lowest BCUT2D eigenvalue weighted by Crippen LogP contribution is -2.50. The molecule has 2 amide bonds. The van der Waals surface area contributed by atoms with Crippen molar-refractivity contribution in [2.75, 3.05) is 26.8 Å². The fraction of sp³-hybridized carbons (Fsp3) is 0.833. The Hall–Kier alpha value is -1.14. The molecule has 1 aliphatic heterocycles. The van der Waals surface area contributed by atoms with E-state index in [-0.39, 0.29) is 17.7 Å². The summed E-state index contributed by atoms with van der Waals surface area (Å²) in [6.45, 7) is 1.68. The molecule has 1 fully saturated rings. The fourth-order valence-corrected chi connectivity index (χ4v) is 2.22. The SMILES string of the molecule is COCCCC(N)C(=O)N1CCCC(C(N)=O)C1. The lowest BCUT2D eigenvalue weighted by Gasteiger charge is -2.32. The summed E-state index contributed by atoms with van der Waals surface area (Å²) in [4.78, 5) is 24.9. The number of nitrogens with two attached hydrogens (primary N) is 2. The number of hydrogen-bond acceptors (Lipinski definition) is 4. The van der Waals surface area contributed by atoms with Crippen molar-refractivity contribution in [3.05, 3.63) is 0 Å². The van der Waals surface area contributed by atoms with E-state index in [9.17, 15) is 9.59 Å². The van der Waals surface area contributed by atoms with Crippen molar-refractivity contribution in [2.45, 2.75) is 31.7 Å². The van der Waals surface area contributed by atoms with E-state index >= 15 is 0 Å². The van der Waals surface area contributed by atoms with Gasteiger partial charge in [0.1, 0.15) is 0 Å². The number of nitrogens with zero attached hydrogens (tertiary/aromatic N) is 1. The first-order chi connectivity index (χ1) is 8.56. The van der Waals surface area contributed by atoms with Gasteiger partial charge in [-0.05, 0) is 25.7 Å². The third kappa shape index (κ3) is 4.27. The highest BCUT2D eigenvalue weighted by atomic mass is 16.5. The van der Waals surface area contributed by atoms with E-state index in [0.29, 0.717) is 26.1 Å². The average Bonchev–Trinajstić information content (AvgIpc) is 2.38. The molecule has 1 saturated heterocycles. The molecule has 0 radical (unpaired) electrons. The molecule has 2 unspecified atom stereocenters. The van der Waals surface area contributed by atoms with Crippen LogP contribution < -0.4 is 11.5 Å². The van der Waals surface area contributed by atoms with Crippen LogP contribution in [0.4, 0.5) is 0 Å². The molecule has 0 aromatic heterocycles. The second kappa shape index (κ2) is 7.33. The zero-order chi connectivity index (χ0) is 13.5. The molecule has 0 saturated carbocycles. The molecule has 0 bridgehead atoms. The smallest absolute Gasteiger partial charge is 0.239 e. The van der Waals surface area contributed by atoms with Crippen LogP contribution in [0.3, 0.4) is 0 Å². The third-order valence-corrected chi connectivity index (χ3v) is 3.32. The first-order valence-corrected chi connectivity index (χ1v) is 6.39. The number of ether oxygens (including phenoxy) is 1. The number of methoxy groups -OCH3 is 1. The molecule has 6 nitrogen and oxygen atoms in total. The number of amides is 2. The van der Waals surface area contributed by atoms with Crippen molar-refractivity contribution in [3.8, 4) is 0 Å². The molecule has 0 aromatic carbocycles. The summed E-state index contributed by atoms with van der Waals surface area (Å²) in [7, 11) is 1.62. The van der Waals surface area contributed by atoms with Crippen molar-refractivity contribution in [1.82, 2.24) is 4.90 Å². The summed E-state index contributed by atoms with van der Waals surface area (Å²) < 4.78 is 4.92. The van der Waals surface area contributed by atoms with E-state index in [1.165, 1.54) is 0 Å². The standard InChI is InChI=1S/C12H23N3O3/c1-18-7-3-5-10(13)12(17)15-6-2-4-9(8-15)11(14)16/h9-10H,2-8,13H2,1H3,(H2,14,16). The molecule has 4 N–H and O–H groups in total. The van der Waals surface area contributed by atoms with Crippen LogP contribution in [0.5, 0.6) is 0 Å². The fourth-order valence-electron chi connectivity index (χ4n) is 2.22. The predicted octanol–water partition coefficient (Wildman–Crippen LogP) is -0.536. The first-order valence-electron chi connectivity index (χ1n) is 6.39. The largest absolute Gasteiger partial charge is 0.385 e. The van der Waals surface area contributed by atoms with Crippen LogP contribution in [0.25, 0.3) is 0 Å². The first kappa shape index (κ1) is 14.9. The van der Waals surface area contributed by atoms with Crippen LogP contribution in [-0.2, 0) is 14.3 Å². The molecule has 2 atom stereocenters. The van der Waals surface area contributed by atoms with Gasteiger partial charge in [-0.1, -0.05) is 0 Å². The van der Waals surface area contributed by atoms with Gasteiger partial charge in [0, 0.05) is 26.8 Å². The van der Waals surface area contributed by atoms with E-state index < -0.39 is 6.04 Å². The second-order valence-electron chi connectivity index (χ2n) is 4.77. The summed E-state index contributed by atoms with van der Waals surface area (Å²) in [6, 6.07) is -0.508. The minimum Gasteiger partial charge on any atom is -0.385 e. The van der Waals surface area contributed by atoms with Crippen LogP contribution >= 0.6 is 0 Å².